The minimum atomic E-state index is -0.767. The maximum atomic E-state index is 10.9. The van der Waals surface area contributed by atoms with E-state index in [4.69, 9.17) is 5.11 Å². The minimum Gasteiger partial charge on any atom is -0.481 e. The number of likely N-dealkylation sites (tertiary alicyclic amines) is 1. The molecule has 2 heterocycles. The number of nitrogens with zero attached hydrogens (tertiary/aromatic N) is 4. The summed E-state index contributed by atoms with van der Waals surface area (Å²) >= 11 is 1.58. The van der Waals surface area contributed by atoms with Crippen molar-refractivity contribution < 1.29 is 9.90 Å². The maximum absolute atomic E-state index is 10.9. The molecule has 0 saturated carbocycles. The Morgan fingerprint density at radius 3 is 2.59 bits per heavy atom. The molecule has 124 valence electrons. The van der Waals surface area contributed by atoms with Gasteiger partial charge in [0.15, 0.2) is 0 Å². The quantitative estimate of drug-likeness (QED) is 0.791. The Morgan fingerprint density at radius 2 is 2.00 bits per heavy atom. The summed E-state index contributed by atoms with van der Waals surface area (Å²) in [7, 11) is 0. The lowest BCUT2D eigenvalue weighted by Gasteiger charge is -2.29. The number of carboxylic acid groups (broad SMARTS) is 1. The minimum absolute atomic E-state index is 0.136. The Kier molecular flexibility index (Phi) is 6.57. The van der Waals surface area contributed by atoms with Gasteiger partial charge in [-0.05, 0) is 25.9 Å². The van der Waals surface area contributed by atoms with Gasteiger partial charge in [0.1, 0.15) is 5.01 Å². The van der Waals surface area contributed by atoms with E-state index in [0.29, 0.717) is 12.5 Å². The van der Waals surface area contributed by atoms with E-state index in [9.17, 15) is 4.79 Å². The van der Waals surface area contributed by atoms with E-state index in [-0.39, 0.29) is 6.42 Å². The molecular weight excluding hydrogens is 300 g/mol. The number of aromatic nitrogens is 2. The normalized spacial score (nSPS) is 16.1. The predicted octanol–water partition coefficient (Wildman–Crippen LogP) is 2.43. The third-order valence-electron chi connectivity index (χ3n) is 3.92. The predicted molar refractivity (Wildman–Crippen MR) is 88.8 cm³/mol. The van der Waals surface area contributed by atoms with E-state index in [2.05, 4.69) is 33.8 Å². The first-order chi connectivity index (χ1) is 10.6. The fourth-order valence-electron chi connectivity index (χ4n) is 2.57. The van der Waals surface area contributed by atoms with Gasteiger partial charge in [-0.25, -0.2) is 0 Å². The number of hydrogen-bond donors (Lipinski definition) is 1. The summed E-state index contributed by atoms with van der Waals surface area (Å²) in [5.41, 5.74) is 0. The van der Waals surface area contributed by atoms with Crippen molar-refractivity contribution in [2.45, 2.75) is 45.4 Å². The first-order valence-electron chi connectivity index (χ1n) is 8.08. The second-order valence-corrected chi connectivity index (χ2v) is 7.10. The molecule has 0 unspecified atom stereocenters. The number of piperidine rings is 1. The van der Waals surface area contributed by atoms with Crippen molar-refractivity contribution >= 4 is 22.4 Å². The lowest BCUT2D eigenvalue weighted by atomic mass is 10.1. The van der Waals surface area contributed by atoms with Crippen LogP contribution in [0.1, 0.15) is 50.5 Å². The third-order valence-corrected chi connectivity index (χ3v) is 5.21. The van der Waals surface area contributed by atoms with Crippen molar-refractivity contribution in [1.29, 1.82) is 0 Å². The lowest BCUT2D eigenvalue weighted by Crippen LogP contribution is -2.38. The fourth-order valence-corrected chi connectivity index (χ4v) is 3.46. The van der Waals surface area contributed by atoms with Gasteiger partial charge in [-0.1, -0.05) is 31.6 Å². The van der Waals surface area contributed by atoms with E-state index in [1.165, 1.54) is 19.3 Å². The van der Waals surface area contributed by atoms with E-state index in [1.54, 1.807) is 11.3 Å². The Morgan fingerprint density at radius 1 is 1.27 bits per heavy atom. The van der Waals surface area contributed by atoms with Crippen LogP contribution in [0.5, 0.6) is 0 Å². The first kappa shape index (κ1) is 17.1. The molecule has 0 aliphatic carbocycles. The van der Waals surface area contributed by atoms with Crippen LogP contribution < -0.4 is 4.90 Å². The summed E-state index contributed by atoms with van der Waals surface area (Å²) < 4.78 is 0. The van der Waals surface area contributed by atoms with Crippen LogP contribution in [0.3, 0.4) is 0 Å². The zero-order chi connectivity index (χ0) is 15.9. The highest BCUT2D eigenvalue weighted by Gasteiger charge is 2.17. The highest BCUT2D eigenvalue weighted by Crippen LogP contribution is 2.25. The average molecular weight is 326 g/mol. The lowest BCUT2D eigenvalue weighted by molar-refractivity contribution is -0.136. The number of carbonyl (C=O) groups is 1. The van der Waals surface area contributed by atoms with E-state index in [0.717, 1.165) is 36.3 Å². The second-order valence-electron chi connectivity index (χ2n) is 6.11. The van der Waals surface area contributed by atoms with Crippen molar-refractivity contribution in [1.82, 2.24) is 15.1 Å². The van der Waals surface area contributed by atoms with Crippen molar-refractivity contribution in [3.05, 3.63) is 5.01 Å². The van der Waals surface area contributed by atoms with Gasteiger partial charge in [0.2, 0.25) is 5.13 Å². The third kappa shape index (κ3) is 5.21. The number of hydrogen-bond acceptors (Lipinski definition) is 6. The molecule has 1 N–H and O–H groups in total. The van der Waals surface area contributed by atoms with E-state index in [1.807, 2.05) is 0 Å². The molecule has 1 fully saturated rings. The second kappa shape index (κ2) is 8.43. The first-order valence-corrected chi connectivity index (χ1v) is 8.90. The number of aliphatic carboxylic acids is 1. The van der Waals surface area contributed by atoms with Crippen LogP contribution in [-0.2, 0) is 4.79 Å². The van der Waals surface area contributed by atoms with Crippen molar-refractivity contribution in [2.24, 2.45) is 0 Å². The SMILES string of the molecule is CC(C)c1nnc(N(CCC(=O)O)CCN2CCCCC2)s1. The van der Waals surface area contributed by atoms with Crippen LogP contribution in [0.15, 0.2) is 0 Å². The topological polar surface area (TPSA) is 69.6 Å². The molecule has 0 atom stereocenters. The summed E-state index contributed by atoms with van der Waals surface area (Å²) in [6, 6.07) is 0. The van der Waals surface area contributed by atoms with Crippen LogP contribution in [0.4, 0.5) is 5.13 Å². The molecule has 6 nitrogen and oxygen atoms in total. The molecule has 1 aromatic heterocycles. The van der Waals surface area contributed by atoms with Crippen LogP contribution in [0, 0.1) is 0 Å². The number of anilines is 1. The Bertz CT molecular complexity index is 472. The highest BCUT2D eigenvalue weighted by molar-refractivity contribution is 7.15. The molecule has 0 amide bonds. The molecule has 1 saturated heterocycles. The Balaban J connectivity index is 1.95. The van der Waals surface area contributed by atoms with Gasteiger partial charge in [0, 0.05) is 25.6 Å². The van der Waals surface area contributed by atoms with Gasteiger partial charge in [-0.2, -0.15) is 0 Å². The molecule has 0 bridgehead atoms. The van der Waals surface area contributed by atoms with Crippen molar-refractivity contribution in [2.75, 3.05) is 37.6 Å². The highest BCUT2D eigenvalue weighted by atomic mass is 32.1. The number of rotatable bonds is 8. The van der Waals surface area contributed by atoms with Gasteiger partial charge in [-0.3, -0.25) is 4.79 Å². The van der Waals surface area contributed by atoms with E-state index >= 15 is 0 Å². The Labute approximate surface area is 136 Å². The monoisotopic (exact) mass is 326 g/mol. The zero-order valence-corrected chi connectivity index (χ0v) is 14.3. The molecule has 1 aliphatic rings. The van der Waals surface area contributed by atoms with Crippen LogP contribution in [0.25, 0.3) is 0 Å². The maximum Gasteiger partial charge on any atom is 0.305 e. The molecular formula is C15H26N4O2S. The molecule has 7 heteroatoms. The average Bonchev–Trinajstić information content (AvgIpc) is 2.98. The summed E-state index contributed by atoms with van der Waals surface area (Å²) in [6.07, 6.45) is 4.00. The van der Waals surface area contributed by atoms with Gasteiger partial charge >= 0.3 is 5.97 Å². The molecule has 22 heavy (non-hydrogen) atoms. The summed E-state index contributed by atoms with van der Waals surface area (Å²) in [4.78, 5) is 15.4. The molecule has 0 radical (unpaired) electrons. The van der Waals surface area contributed by atoms with Crippen LogP contribution >= 0.6 is 11.3 Å². The van der Waals surface area contributed by atoms with Crippen LogP contribution in [0.2, 0.25) is 0 Å². The Hall–Kier alpha value is -1.21. The zero-order valence-electron chi connectivity index (χ0n) is 13.5. The molecule has 1 aromatic rings. The smallest absolute Gasteiger partial charge is 0.305 e. The van der Waals surface area contributed by atoms with Gasteiger partial charge in [0.05, 0.1) is 6.42 Å². The summed E-state index contributed by atoms with van der Waals surface area (Å²) in [6.45, 7) is 8.78. The fraction of sp³-hybridized carbons (Fsp3) is 0.800. The van der Waals surface area contributed by atoms with Gasteiger partial charge in [0.25, 0.3) is 0 Å². The largest absolute Gasteiger partial charge is 0.481 e. The molecule has 2 rings (SSSR count). The number of carboxylic acids is 1. The molecule has 0 aromatic carbocycles. The summed E-state index contributed by atoms with van der Waals surface area (Å²) in [5.74, 6) is -0.411. The van der Waals surface area contributed by atoms with Gasteiger partial charge in [-0.15, -0.1) is 10.2 Å². The standard InChI is InChI=1S/C15H26N4O2S/c1-12(2)14-16-17-15(22-14)19(9-6-13(20)21)11-10-18-7-4-3-5-8-18/h12H,3-11H2,1-2H3,(H,20,21). The van der Waals surface area contributed by atoms with E-state index < -0.39 is 5.97 Å². The van der Waals surface area contributed by atoms with Crippen LogP contribution in [-0.4, -0.2) is 58.9 Å². The van der Waals surface area contributed by atoms with Crippen molar-refractivity contribution in [3.63, 3.8) is 0 Å². The van der Waals surface area contributed by atoms with Gasteiger partial charge < -0.3 is 14.9 Å². The molecule has 0 spiro atoms. The van der Waals surface area contributed by atoms with Crippen molar-refractivity contribution in [3.8, 4) is 0 Å². The molecule has 1 aliphatic heterocycles. The summed E-state index contributed by atoms with van der Waals surface area (Å²) in [5, 5.41) is 19.3.